The second-order valence-electron chi connectivity index (χ2n) is 7.55. The Bertz CT molecular complexity index is 1260. The first kappa shape index (κ1) is 20.4. The Labute approximate surface area is 181 Å². The van der Waals surface area contributed by atoms with Gasteiger partial charge in [0.2, 0.25) is 11.8 Å². The van der Waals surface area contributed by atoms with Crippen LogP contribution in [0, 0.1) is 0 Å². The Hall–Kier alpha value is -3.86. The molecule has 4 aromatic rings. The Morgan fingerprint density at radius 2 is 1.58 bits per heavy atom. The molecule has 31 heavy (non-hydrogen) atoms. The fraction of sp³-hybridized carbons (Fsp3) is 0.154. The molecule has 0 fully saturated rings. The predicted molar refractivity (Wildman–Crippen MR) is 123 cm³/mol. The van der Waals surface area contributed by atoms with Crippen LogP contribution in [-0.4, -0.2) is 18.9 Å². The van der Waals surface area contributed by atoms with E-state index >= 15 is 0 Å². The van der Waals surface area contributed by atoms with Gasteiger partial charge in [-0.15, -0.1) is 0 Å². The number of carbonyl (C=O) groups is 2. The highest BCUT2D eigenvalue weighted by molar-refractivity contribution is 5.92. The summed E-state index contributed by atoms with van der Waals surface area (Å²) in [5.41, 5.74) is 6.89. The summed E-state index contributed by atoms with van der Waals surface area (Å²) >= 11 is 0. The highest BCUT2D eigenvalue weighted by Crippen LogP contribution is 2.25. The van der Waals surface area contributed by atoms with Crippen LogP contribution >= 0.6 is 0 Å². The van der Waals surface area contributed by atoms with E-state index in [2.05, 4.69) is 10.9 Å². The Morgan fingerprint density at radius 1 is 0.839 bits per heavy atom. The van der Waals surface area contributed by atoms with E-state index < -0.39 is 5.92 Å². The number of hydrogen-bond donors (Lipinski definition) is 2. The molecule has 0 aliphatic heterocycles. The van der Waals surface area contributed by atoms with Gasteiger partial charge in [-0.05, 0) is 51.7 Å². The molecule has 0 aliphatic carbocycles. The average molecular weight is 412 g/mol. The maximum Gasteiger partial charge on any atom is 0.245 e. The molecular formula is C26H24N2O3. The van der Waals surface area contributed by atoms with Gasteiger partial charge in [0, 0.05) is 0 Å². The third kappa shape index (κ3) is 4.51. The molecule has 156 valence electrons. The molecule has 0 spiro atoms. The highest BCUT2D eigenvalue weighted by Gasteiger charge is 2.17. The van der Waals surface area contributed by atoms with E-state index in [-0.39, 0.29) is 18.2 Å². The number of nitrogens with one attached hydrogen (secondary N) is 2. The van der Waals surface area contributed by atoms with Crippen LogP contribution in [0.3, 0.4) is 0 Å². The van der Waals surface area contributed by atoms with Crippen LogP contribution < -0.4 is 15.6 Å². The number of methoxy groups -OCH3 is 1. The van der Waals surface area contributed by atoms with E-state index in [9.17, 15) is 9.59 Å². The fourth-order valence-corrected chi connectivity index (χ4v) is 3.69. The average Bonchev–Trinajstić information content (AvgIpc) is 2.81. The Kier molecular flexibility index (Phi) is 5.85. The van der Waals surface area contributed by atoms with E-state index in [4.69, 9.17) is 4.74 Å². The normalized spacial score (nSPS) is 11.8. The van der Waals surface area contributed by atoms with E-state index in [0.717, 1.165) is 38.4 Å². The monoisotopic (exact) mass is 412 g/mol. The number of rotatable bonds is 5. The van der Waals surface area contributed by atoms with Gasteiger partial charge in [-0.3, -0.25) is 20.4 Å². The highest BCUT2D eigenvalue weighted by atomic mass is 16.5. The number of hydrogen-bond acceptors (Lipinski definition) is 3. The van der Waals surface area contributed by atoms with Gasteiger partial charge in [0.05, 0.1) is 19.4 Å². The minimum absolute atomic E-state index is 0.188. The van der Waals surface area contributed by atoms with Gasteiger partial charge < -0.3 is 4.74 Å². The summed E-state index contributed by atoms with van der Waals surface area (Å²) < 4.78 is 5.25. The molecule has 0 bridgehead atoms. The standard InChI is InChI=1S/C26H24N2O3/c1-17(19-10-11-21-15-23(31-2)13-12-20(21)14-19)26(30)28-27-25(29)16-22-8-5-7-18-6-3-4-9-24(18)22/h3-15,17H,16H2,1-2H3,(H,27,29)(H,28,30)/t17-/m0/s1. The molecule has 2 amide bonds. The summed E-state index contributed by atoms with van der Waals surface area (Å²) in [4.78, 5) is 25.0. The van der Waals surface area contributed by atoms with Crippen LogP contribution in [0.1, 0.15) is 24.0 Å². The predicted octanol–water partition coefficient (Wildman–Crippen LogP) is 4.50. The summed E-state index contributed by atoms with van der Waals surface area (Å²) in [6.45, 7) is 1.82. The second-order valence-corrected chi connectivity index (χ2v) is 7.55. The molecular weight excluding hydrogens is 388 g/mol. The fourth-order valence-electron chi connectivity index (χ4n) is 3.69. The lowest BCUT2D eigenvalue weighted by Crippen LogP contribution is -2.44. The van der Waals surface area contributed by atoms with Crippen molar-refractivity contribution in [1.29, 1.82) is 0 Å². The minimum atomic E-state index is -0.413. The summed E-state index contributed by atoms with van der Waals surface area (Å²) in [5.74, 6) is -0.147. The maximum atomic E-state index is 12.6. The zero-order valence-electron chi connectivity index (χ0n) is 17.5. The third-order valence-electron chi connectivity index (χ3n) is 5.52. The summed E-state index contributed by atoms with van der Waals surface area (Å²) in [6.07, 6.45) is 0.188. The topological polar surface area (TPSA) is 67.4 Å². The first-order valence-corrected chi connectivity index (χ1v) is 10.2. The van der Waals surface area contributed by atoms with E-state index in [1.807, 2.05) is 85.8 Å². The molecule has 0 aliphatic rings. The lowest BCUT2D eigenvalue weighted by molar-refractivity contribution is -0.129. The number of amides is 2. The SMILES string of the molecule is COc1ccc2cc([C@H](C)C(=O)NNC(=O)Cc3cccc4ccccc34)ccc2c1. The molecule has 0 heterocycles. The number of benzene rings is 4. The molecule has 0 saturated heterocycles. The lowest BCUT2D eigenvalue weighted by atomic mass is 9.97. The number of hydrazine groups is 1. The van der Waals surface area contributed by atoms with Crippen molar-refractivity contribution in [2.75, 3.05) is 7.11 Å². The van der Waals surface area contributed by atoms with Gasteiger partial charge in [-0.1, -0.05) is 66.7 Å². The summed E-state index contributed by atoms with van der Waals surface area (Å²) in [7, 11) is 1.64. The molecule has 0 unspecified atom stereocenters. The minimum Gasteiger partial charge on any atom is -0.497 e. The largest absolute Gasteiger partial charge is 0.497 e. The van der Waals surface area contributed by atoms with E-state index in [1.54, 1.807) is 7.11 Å². The molecule has 0 radical (unpaired) electrons. The maximum absolute atomic E-state index is 12.6. The van der Waals surface area contributed by atoms with Gasteiger partial charge in [-0.2, -0.15) is 0 Å². The van der Waals surface area contributed by atoms with Crippen molar-refractivity contribution >= 4 is 33.4 Å². The van der Waals surface area contributed by atoms with Crippen molar-refractivity contribution in [3.05, 3.63) is 90.0 Å². The van der Waals surface area contributed by atoms with Crippen LogP contribution in [-0.2, 0) is 16.0 Å². The molecule has 2 N–H and O–H groups in total. The number of fused-ring (bicyclic) bond motifs is 2. The lowest BCUT2D eigenvalue weighted by Gasteiger charge is -2.14. The number of carbonyl (C=O) groups excluding carboxylic acids is 2. The van der Waals surface area contributed by atoms with E-state index in [1.165, 1.54) is 0 Å². The smallest absolute Gasteiger partial charge is 0.245 e. The molecule has 4 rings (SSSR count). The van der Waals surface area contributed by atoms with Crippen molar-refractivity contribution in [1.82, 2.24) is 10.9 Å². The molecule has 5 nitrogen and oxygen atoms in total. The van der Waals surface area contributed by atoms with Crippen molar-refractivity contribution < 1.29 is 14.3 Å². The Morgan fingerprint density at radius 3 is 2.42 bits per heavy atom. The van der Waals surface area contributed by atoms with Gasteiger partial charge in [0.1, 0.15) is 5.75 Å². The van der Waals surface area contributed by atoms with Crippen molar-refractivity contribution in [3.8, 4) is 5.75 Å². The van der Waals surface area contributed by atoms with Crippen molar-refractivity contribution in [2.24, 2.45) is 0 Å². The van der Waals surface area contributed by atoms with Gasteiger partial charge >= 0.3 is 0 Å². The van der Waals surface area contributed by atoms with Crippen LogP contribution in [0.15, 0.2) is 78.9 Å². The number of ether oxygens (including phenoxy) is 1. The van der Waals surface area contributed by atoms with Crippen LogP contribution in [0.2, 0.25) is 0 Å². The molecule has 4 aromatic carbocycles. The Balaban J connectivity index is 1.39. The van der Waals surface area contributed by atoms with Crippen LogP contribution in [0.5, 0.6) is 5.75 Å². The van der Waals surface area contributed by atoms with Gasteiger partial charge in [-0.25, -0.2) is 0 Å². The van der Waals surface area contributed by atoms with Crippen molar-refractivity contribution in [2.45, 2.75) is 19.3 Å². The van der Waals surface area contributed by atoms with Crippen molar-refractivity contribution in [3.63, 3.8) is 0 Å². The van der Waals surface area contributed by atoms with Crippen LogP contribution in [0.25, 0.3) is 21.5 Å². The zero-order valence-corrected chi connectivity index (χ0v) is 17.5. The van der Waals surface area contributed by atoms with Crippen LogP contribution in [0.4, 0.5) is 0 Å². The van der Waals surface area contributed by atoms with Gasteiger partial charge in [0.15, 0.2) is 0 Å². The first-order chi connectivity index (χ1) is 15.0. The second kappa shape index (κ2) is 8.88. The molecule has 0 aromatic heterocycles. The zero-order chi connectivity index (χ0) is 21.8. The van der Waals surface area contributed by atoms with Gasteiger partial charge in [0.25, 0.3) is 0 Å². The quantitative estimate of drug-likeness (QED) is 0.475. The molecule has 0 saturated carbocycles. The third-order valence-corrected chi connectivity index (χ3v) is 5.52. The molecule has 1 atom stereocenters. The molecule has 5 heteroatoms. The first-order valence-electron chi connectivity index (χ1n) is 10.2. The summed E-state index contributed by atoms with van der Waals surface area (Å²) in [6, 6.07) is 25.5. The summed E-state index contributed by atoms with van der Waals surface area (Å²) in [5, 5.41) is 4.18. The van der Waals surface area contributed by atoms with E-state index in [0.29, 0.717) is 0 Å².